The summed E-state index contributed by atoms with van der Waals surface area (Å²) in [6.07, 6.45) is 0. The molecule has 1 aliphatic rings. The van der Waals surface area contributed by atoms with Crippen molar-refractivity contribution >= 4 is 21.6 Å². The molecule has 3 aromatic rings. The lowest BCUT2D eigenvalue weighted by Gasteiger charge is -2.38. The van der Waals surface area contributed by atoms with Gasteiger partial charge in [0.1, 0.15) is 11.8 Å². The van der Waals surface area contributed by atoms with E-state index < -0.39 is 16.1 Å². The SMILES string of the molecule is COc1ccc(C)cc1NC(=O)[C@@H](c1ccccc1)N1CCN(S(=O)(=O)c2ccccc2)CC1. The number of piperazine rings is 1. The number of ether oxygens (including phenoxy) is 1. The van der Waals surface area contributed by atoms with E-state index in [1.807, 2.05) is 60.4 Å². The summed E-state index contributed by atoms with van der Waals surface area (Å²) < 4.78 is 33.0. The minimum atomic E-state index is -3.57. The van der Waals surface area contributed by atoms with Gasteiger partial charge in [-0.05, 0) is 42.3 Å². The molecule has 1 aliphatic heterocycles. The highest BCUT2D eigenvalue weighted by Crippen LogP contribution is 2.30. The van der Waals surface area contributed by atoms with Crippen molar-refractivity contribution in [1.29, 1.82) is 0 Å². The van der Waals surface area contributed by atoms with Crippen LogP contribution in [-0.2, 0) is 14.8 Å². The van der Waals surface area contributed by atoms with Gasteiger partial charge in [-0.25, -0.2) is 8.42 Å². The Morgan fingerprint density at radius 2 is 1.53 bits per heavy atom. The quantitative estimate of drug-likeness (QED) is 0.559. The first-order valence-electron chi connectivity index (χ1n) is 11.2. The number of sulfonamides is 1. The fourth-order valence-corrected chi connectivity index (χ4v) is 5.67. The lowest BCUT2D eigenvalue weighted by atomic mass is 10.0. The zero-order valence-electron chi connectivity index (χ0n) is 19.3. The Kier molecular flexibility index (Phi) is 7.31. The minimum Gasteiger partial charge on any atom is -0.495 e. The summed E-state index contributed by atoms with van der Waals surface area (Å²) in [6, 6.07) is 23.1. The van der Waals surface area contributed by atoms with E-state index in [0.717, 1.165) is 11.1 Å². The largest absolute Gasteiger partial charge is 0.495 e. The van der Waals surface area contributed by atoms with Crippen LogP contribution in [0.3, 0.4) is 0 Å². The van der Waals surface area contributed by atoms with Crippen LogP contribution in [0.25, 0.3) is 0 Å². The number of anilines is 1. The van der Waals surface area contributed by atoms with E-state index in [4.69, 9.17) is 4.74 Å². The summed E-state index contributed by atoms with van der Waals surface area (Å²) in [7, 11) is -2.00. The second-order valence-electron chi connectivity index (χ2n) is 8.26. The molecule has 0 bridgehead atoms. The van der Waals surface area contributed by atoms with Gasteiger partial charge in [-0.3, -0.25) is 9.69 Å². The standard InChI is InChI=1S/C26H29N3O4S/c1-20-13-14-24(33-2)23(19-20)27-26(30)25(21-9-5-3-6-10-21)28-15-17-29(18-16-28)34(31,32)22-11-7-4-8-12-22/h3-14,19,25H,15-18H2,1-2H3,(H,27,30)/t25-/m1/s1. The molecule has 4 rings (SSSR count). The third-order valence-corrected chi connectivity index (χ3v) is 7.91. The van der Waals surface area contributed by atoms with Crippen LogP contribution < -0.4 is 10.1 Å². The zero-order valence-corrected chi connectivity index (χ0v) is 20.2. The Labute approximate surface area is 201 Å². The van der Waals surface area contributed by atoms with Crippen molar-refractivity contribution in [2.24, 2.45) is 0 Å². The van der Waals surface area contributed by atoms with E-state index in [-0.39, 0.29) is 10.8 Å². The van der Waals surface area contributed by atoms with Crippen LogP contribution in [0.5, 0.6) is 5.75 Å². The summed E-state index contributed by atoms with van der Waals surface area (Å²) in [4.78, 5) is 15.9. The molecule has 0 unspecified atom stereocenters. The summed E-state index contributed by atoms with van der Waals surface area (Å²) in [6.45, 7) is 3.44. The van der Waals surface area contributed by atoms with Gasteiger partial charge in [0.25, 0.3) is 0 Å². The minimum absolute atomic E-state index is 0.186. The molecule has 1 saturated heterocycles. The van der Waals surface area contributed by atoms with E-state index in [9.17, 15) is 13.2 Å². The van der Waals surface area contributed by atoms with Gasteiger partial charge in [0.2, 0.25) is 15.9 Å². The topological polar surface area (TPSA) is 79.0 Å². The highest BCUT2D eigenvalue weighted by molar-refractivity contribution is 7.89. The fraction of sp³-hybridized carbons (Fsp3) is 0.269. The smallest absolute Gasteiger partial charge is 0.246 e. The van der Waals surface area contributed by atoms with Gasteiger partial charge in [0.05, 0.1) is 17.7 Å². The van der Waals surface area contributed by atoms with Crippen molar-refractivity contribution in [3.8, 4) is 5.75 Å². The first kappa shape index (κ1) is 23.9. The van der Waals surface area contributed by atoms with Gasteiger partial charge < -0.3 is 10.1 Å². The number of aryl methyl sites for hydroxylation is 1. The van der Waals surface area contributed by atoms with E-state index in [0.29, 0.717) is 37.6 Å². The Bertz CT molecular complexity index is 1230. The van der Waals surface area contributed by atoms with Gasteiger partial charge in [0, 0.05) is 26.2 Å². The first-order chi connectivity index (χ1) is 16.4. The average Bonchev–Trinajstić information content (AvgIpc) is 2.86. The van der Waals surface area contributed by atoms with E-state index in [1.54, 1.807) is 37.4 Å². The van der Waals surface area contributed by atoms with E-state index >= 15 is 0 Å². The maximum absolute atomic E-state index is 13.6. The second kappa shape index (κ2) is 10.4. The van der Waals surface area contributed by atoms with Crippen LogP contribution in [0, 0.1) is 6.92 Å². The van der Waals surface area contributed by atoms with Crippen molar-refractivity contribution < 1.29 is 17.9 Å². The van der Waals surface area contributed by atoms with Crippen LogP contribution >= 0.6 is 0 Å². The number of hydrogen-bond donors (Lipinski definition) is 1. The van der Waals surface area contributed by atoms with Crippen LogP contribution in [0.4, 0.5) is 5.69 Å². The molecule has 1 amide bonds. The van der Waals surface area contributed by atoms with E-state index in [2.05, 4.69) is 5.32 Å². The average molecular weight is 480 g/mol. The molecule has 0 aromatic heterocycles. The van der Waals surface area contributed by atoms with Crippen molar-refractivity contribution in [1.82, 2.24) is 9.21 Å². The number of benzene rings is 3. The Morgan fingerprint density at radius 3 is 2.15 bits per heavy atom. The highest BCUT2D eigenvalue weighted by atomic mass is 32.2. The molecule has 0 saturated carbocycles. The summed E-state index contributed by atoms with van der Waals surface area (Å²) in [5.74, 6) is 0.402. The van der Waals surface area contributed by atoms with Crippen molar-refractivity contribution in [3.63, 3.8) is 0 Å². The first-order valence-corrected chi connectivity index (χ1v) is 12.6. The monoisotopic (exact) mass is 479 g/mol. The molecular weight excluding hydrogens is 450 g/mol. The number of nitrogens with one attached hydrogen (secondary N) is 1. The van der Waals surface area contributed by atoms with Crippen molar-refractivity contribution in [3.05, 3.63) is 90.0 Å². The van der Waals surface area contributed by atoms with Crippen molar-refractivity contribution in [2.75, 3.05) is 38.6 Å². The number of rotatable bonds is 7. The third-order valence-electron chi connectivity index (χ3n) is 6.00. The lowest BCUT2D eigenvalue weighted by Crippen LogP contribution is -2.51. The fourth-order valence-electron chi connectivity index (χ4n) is 4.23. The maximum Gasteiger partial charge on any atom is 0.246 e. The van der Waals surface area contributed by atoms with Gasteiger partial charge >= 0.3 is 0 Å². The number of methoxy groups -OCH3 is 1. The number of amides is 1. The van der Waals surface area contributed by atoms with Crippen LogP contribution in [0.15, 0.2) is 83.8 Å². The predicted octanol–water partition coefficient (Wildman–Crippen LogP) is 3.69. The Hall–Kier alpha value is -3.20. The van der Waals surface area contributed by atoms with Gasteiger partial charge in [-0.15, -0.1) is 0 Å². The van der Waals surface area contributed by atoms with Gasteiger partial charge in [-0.1, -0.05) is 54.6 Å². The van der Waals surface area contributed by atoms with Gasteiger partial charge in [0.15, 0.2) is 0 Å². The Morgan fingerprint density at radius 1 is 0.912 bits per heavy atom. The number of carbonyl (C=O) groups excluding carboxylic acids is 1. The highest BCUT2D eigenvalue weighted by Gasteiger charge is 2.34. The molecule has 1 fully saturated rings. The summed E-state index contributed by atoms with van der Waals surface area (Å²) in [5.41, 5.74) is 2.47. The molecule has 1 heterocycles. The molecule has 1 atom stereocenters. The molecule has 34 heavy (non-hydrogen) atoms. The summed E-state index contributed by atoms with van der Waals surface area (Å²) in [5, 5.41) is 3.03. The van der Waals surface area contributed by atoms with Crippen LogP contribution in [0.1, 0.15) is 17.2 Å². The van der Waals surface area contributed by atoms with Gasteiger partial charge in [-0.2, -0.15) is 4.31 Å². The summed E-state index contributed by atoms with van der Waals surface area (Å²) >= 11 is 0. The number of carbonyl (C=O) groups is 1. The third kappa shape index (κ3) is 5.14. The van der Waals surface area contributed by atoms with Crippen LogP contribution in [0.2, 0.25) is 0 Å². The molecule has 3 aromatic carbocycles. The molecule has 1 N–H and O–H groups in total. The normalized spacial score (nSPS) is 16.1. The van der Waals surface area contributed by atoms with E-state index in [1.165, 1.54) is 4.31 Å². The number of nitrogens with zero attached hydrogens (tertiary/aromatic N) is 2. The van der Waals surface area contributed by atoms with Crippen LogP contribution in [-0.4, -0.2) is 56.8 Å². The lowest BCUT2D eigenvalue weighted by molar-refractivity contribution is -0.122. The maximum atomic E-state index is 13.6. The molecule has 7 nitrogen and oxygen atoms in total. The van der Waals surface area contributed by atoms with Crippen molar-refractivity contribution in [2.45, 2.75) is 17.9 Å². The number of hydrogen-bond acceptors (Lipinski definition) is 5. The predicted molar refractivity (Wildman–Crippen MR) is 132 cm³/mol. The second-order valence-corrected chi connectivity index (χ2v) is 10.2. The molecule has 0 spiro atoms. The zero-order chi connectivity index (χ0) is 24.1. The molecule has 0 aliphatic carbocycles. The Balaban J connectivity index is 1.55. The molecule has 178 valence electrons. The molecular formula is C26H29N3O4S. The molecule has 8 heteroatoms. The molecule has 0 radical (unpaired) electrons.